The van der Waals surface area contributed by atoms with E-state index in [1.165, 1.54) is 11.1 Å². The largest absolute Gasteiger partial charge is 0.462 e. The summed E-state index contributed by atoms with van der Waals surface area (Å²) >= 11 is 0. The van der Waals surface area contributed by atoms with Crippen molar-refractivity contribution in [3.8, 4) is 5.75 Å². The van der Waals surface area contributed by atoms with E-state index < -0.39 is 6.29 Å². The van der Waals surface area contributed by atoms with Gasteiger partial charge < -0.3 is 9.84 Å². The van der Waals surface area contributed by atoms with Crippen molar-refractivity contribution in [2.24, 2.45) is 23.2 Å². The number of benzene rings is 1. The highest BCUT2D eigenvalue weighted by molar-refractivity contribution is 5.61. The first-order valence-corrected chi connectivity index (χ1v) is 12.8. The third-order valence-electron chi connectivity index (χ3n) is 6.78. The fraction of sp³-hybridized carbons (Fsp3) is 0.484. The first-order valence-electron chi connectivity index (χ1n) is 12.8. The zero-order valence-corrected chi connectivity index (χ0v) is 22.1. The second kappa shape index (κ2) is 12.5. The van der Waals surface area contributed by atoms with E-state index >= 15 is 0 Å². The second-order valence-electron chi connectivity index (χ2n) is 10.9. The smallest absolute Gasteiger partial charge is 0.228 e. The van der Waals surface area contributed by atoms with Crippen LogP contribution in [0, 0.1) is 23.2 Å². The summed E-state index contributed by atoms with van der Waals surface area (Å²) in [7, 11) is 0. The molecule has 0 aromatic heterocycles. The minimum absolute atomic E-state index is 0.0232. The van der Waals surface area contributed by atoms with Gasteiger partial charge in [0, 0.05) is 18.4 Å². The van der Waals surface area contributed by atoms with Gasteiger partial charge in [0.2, 0.25) is 6.29 Å². The molecule has 3 rings (SSSR count). The van der Waals surface area contributed by atoms with Crippen molar-refractivity contribution < 1.29 is 19.6 Å². The molecule has 4 unspecified atom stereocenters. The van der Waals surface area contributed by atoms with Crippen LogP contribution < -0.4 is 4.74 Å². The molecule has 4 heteroatoms. The Morgan fingerprint density at radius 3 is 2.60 bits per heavy atom. The summed E-state index contributed by atoms with van der Waals surface area (Å²) < 4.78 is 6.20. The summed E-state index contributed by atoms with van der Waals surface area (Å²) in [5.74, 6) is 2.09. The van der Waals surface area contributed by atoms with E-state index in [1.807, 2.05) is 37.3 Å². The van der Waals surface area contributed by atoms with Crippen LogP contribution in [0.25, 0.3) is 6.08 Å². The van der Waals surface area contributed by atoms with Crippen LogP contribution in [0.2, 0.25) is 0 Å². The minimum atomic E-state index is -0.596. The van der Waals surface area contributed by atoms with Crippen LogP contribution in [-0.4, -0.2) is 24.1 Å². The number of hydrogen-bond donors (Lipinski definition) is 1. The standard InChI is InChI=1S/C31H42O4/c1-22(2)29(31(4,5)6)21-26-15-10-18-30(28(26)17-11-19-32)33-23(3)34-35-27-16-9-14-24-12-7-8-13-25(24)20-27/h7-18,22-23,25,27,29,32H,19-21H2,1-6H3. The van der Waals surface area contributed by atoms with Crippen molar-refractivity contribution in [2.75, 3.05) is 6.61 Å². The molecule has 0 heterocycles. The molecule has 1 aromatic rings. The van der Waals surface area contributed by atoms with Gasteiger partial charge in [0.1, 0.15) is 11.9 Å². The molecule has 2 aliphatic carbocycles. The average Bonchev–Trinajstić information content (AvgIpc) is 3.01. The molecule has 4 atom stereocenters. The Hall–Kier alpha value is -2.40. The Bertz CT molecular complexity index is 974. The molecule has 0 aliphatic heterocycles. The van der Waals surface area contributed by atoms with Gasteiger partial charge in [-0.2, -0.15) is 4.89 Å². The topological polar surface area (TPSA) is 47.9 Å². The number of ether oxygens (including phenoxy) is 1. The maximum absolute atomic E-state index is 9.43. The van der Waals surface area contributed by atoms with Gasteiger partial charge in [-0.05, 0) is 47.3 Å². The minimum Gasteiger partial charge on any atom is -0.462 e. The fourth-order valence-electron chi connectivity index (χ4n) is 5.04. The molecule has 0 saturated carbocycles. The van der Waals surface area contributed by atoms with Crippen LogP contribution in [0.15, 0.2) is 72.4 Å². The zero-order chi connectivity index (χ0) is 25.4. The number of allylic oxidation sites excluding steroid dienone is 7. The lowest BCUT2D eigenvalue weighted by Crippen LogP contribution is -2.28. The summed E-state index contributed by atoms with van der Waals surface area (Å²) in [6, 6.07) is 6.13. The molecule has 0 radical (unpaired) electrons. The van der Waals surface area contributed by atoms with E-state index in [-0.39, 0.29) is 18.1 Å². The summed E-state index contributed by atoms with van der Waals surface area (Å²) in [4.78, 5) is 11.5. The van der Waals surface area contributed by atoms with Gasteiger partial charge in [0.05, 0.1) is 6.61 Å². The summed E-state index contributed by atoms with van der Waals surface area (Å²) in [5.41, 5.74) is 3.65. The van der Waals surface area contributed by atoms with E-state index in [2.05, 4.69) is 71.1 Å². The normalized spacial score (nSPS) is 21.7. The molecule has 190 valence electrons. The van der Waals surface area contributed by atoms with E-state index in [0.29, 0.717) is 17.8 Å². The van der Waals surface area contributed by atoms with Crippen molar-refractivity contribution in [1.82, 2.24) is 0 Å². The van der Waals surface area contributed by atoms with E-state index in [9.17, 15) is 5.11 Å². The Morgan fingerprint density at radius 1 is 1.09 bits per heavy atom. The quantitative estimate of drug-likeness (QED) is 0.219. The third-order valence-corrected chi connectivity index (χ3v) is 6.78. The Labute approximate surface area is 211 Å². The van der Waals surface area contributed by atoms with Gasteiger partial charge in [-0.3, -0.25) is 0 Å². The first kappa shape index (κ1) is 27.2. The molecule has 2 aliphatic rings. The molecule has 0 saturated heterocycles. The van der Waals surface area contributed by atoms with Crippen LogP contribution >= 0.6 is 0 Å². The lowest BCUT2D eigenvalue weighted by Gasteiger charge is -2.34. The lowest BCUT2D eigenvalue weighted by molar-refractivity contribution is -0.373. The predicted octanol–water partition coefficient (Wildman–Crippen LogP) is 7.22. The number of hydrogen-bond acceptors (Lipinski definition) is 4. The maximum Gasteiger partial charge on any atom is 0.228 e. The average molecular weight is 479 g/mol. The van der Waals surface area contributed by atoms with E-state index in [0.717, 1.165) is 24.2 Å². The molecule has 0 fully saturated rings. The predicted molar refractivity (Wildman–Crippen MR) is 144 cm³/mol. The van der Waals surface area contributed by atoms with E-state index in [1.54, 1.807) is 6.08 Å². The first-order chi connectivity index (χ1) is 16.7. The molecule has 0 spiro atoms. The second-order valence-corrected chi connectivity index (χ2v) is 10.9. The van der Waals surface area contributed by atoms with Crippen LogP contribution in [0.1, 0.15) is 59.1 Å². The van der Waals surface area contributed by atoms with Gasteiger partial charge in [-0.25, -0.2) is 4.89 Å². The highest BCUT2D eigenvalue weighted by Gasteiger charge is 2.28. The molecule has 1 aromatic carbocycles. The van der Waals surface area contributed by atoms with Gasteiger partial charge in [-0.1, -0.05) is 101 Å². The molecular weight excluding hydrogens is 436 g/mol. The van der Waals surface area contributed by atoms with Gasteiger partial charge in [0.15, 0.2) is 0 Å². The molecule has 35 heavy (non-hydrogen) atoms. The number of aliphatic hydroxyl groups is 1. The molecule has 1 N–H and O–H groups in total. The maximum atomic E-state index is 9.43. The van der Waals surface area contributed by atoms with Crippen LogP contribution in [0.3, 0.4) is 0 Å². The molecule has 0 amide bonds. The van der Waals surface area contributed by atoms with Crippen molar-refractivity contribution >= 4 is 6.08 Å². The summed E-state index contributed by atoms with van der Waals surface area (Å²) in [6.07, 6.45) is 19.3. The summed E-state index contributed by atoms with van der Waals surface area (Å²) in [5, 5.41) is 9.43. The van der Waals surface area contributed by atoms with Gasteiger partial charge >= 0.3 is 0 Å². The van der Waals surface area contributed by atoms with Crippen molar-refractivity contribution in [3.05, 3.63) is 83.5 Å². The number of fused-ring (bicyclic) bond motifs is 1. The van der Waals surface area contributed by atoms with Crippen molar-refractivity contribution in [1.29, 1.82) is 0 Å². The molecular formula is C31H42O4. The van der Waals surface area contributed by atoms with Crippen LogP contribution in [0.5, 0.6) is 5.75 Å². The van der Waals surface area contributed by atoms with Gasteiger partial charge in [0.25, 0.3) is 0 Å². The lowest BCUT2D eigenvalue weighted by atomic mass is 9.71. The van der Waals surface area contributed by atoms with Crippen molar-refractivity contribution in [2.45, 2.75) is 66.8 Å². The number of rotatable bonds is 10. The third kappa shape index (κ3) is 7.79. The highest BCUT2D eigenvalue weighted by atomic mass is 17.2. The Balaban J connectivity index is 1.69. The van der Waals surface area contributed by atoms with Crippen LogP contribution in [-0.2, 0) is 16.2 Å². The summed E-state index contributed by atoms with van der Waals surface area (Å²) in [6.45, 7) is 13.3. The Kier molecular flexibility index (Phi) is 9.73. The van der Waals surface area contributed by atoms with E-state index in [4.69, 9.17) is 14.5 Å². The molecule has 4 nitrogen and oxygen atoms in total. The highest BCUT2D eigenvalue weighted by Crippen LogP contribution is 2.37. The monoisotopic (exact) mass is 478 g/mol. The molecule has 0 bridgehead atoms. The Morgan fingerprint density at radius 2 is 1.89 bits per heavy atom. The fourth-order valence-corrected chi connectivity index (χ4v) is 5.04. The van der Waals surface area contributed by atoms with Gasteiger partial charge in [-0.15, -0.1) is 0 Å². The number of aliphatic hydroxyl groups excluding tert-OH is 1. The zero-order valence-electron chi connectivity index (χ0n) is 22.1. The van der Waals surface area contributed by atoms with Crippen molar-refractivity contribution in [3.63, 3.8) is 0 Å². The van der Waals surface area contributed by atoms with Crippen LogP contribution in [0.4, 0.5) is 0 Å². The SMILES string of the molecule is CC(OOC1C=CC=C2C=CC=CC2C1)Oc1cccc(CC(C(C)C)C(C)(C)C)c1C=CCO.